The van der Waals surface area contributed by atoms with Gasteiger partial charge in [0.2, 0.25) is 0 Å². The number of hydrogen-bond acceptors (Lipinski definition) is 14. The van der Waals surface area contributed by atoms with E-state index in [0.717, 1.165) is 63.7 Å². The Kier molecular flexibility index (Phi) is 36.7. The Morgan fingerprint density at radius 3 is 1.86 bits per heavy atom. The highest BCUT2D eigenvalue weighted by atomic mass is 31.2. The third-order valence-electron chi connectivity index (χ3n) is 13.8. The number of nitrogens with one attached hydrogen (secondary N) is 2. The van der Waals surface area contributed by atoms with Crippen LogP contribution in [0.5, 0.6) is 6.01 Å². The van der Waals surface area contributed by atoms with E-state index in [0.29, 0.717) is 30.6 Å². The first kappa shape index (κ1) is 67.7. The van der Waals surface area contributed by atoms with E-state index in [9.17, 15) is 28.6 Å². The van der Waals surface area contributed by atoms with Gasteiger partial charge in [0, 0.05) is 32.1 Å². The first-order valence-corrected chi connectivity index (χ1v) is 31.2. The summed E-state index contributed by atoms with van der Waals surface area (Å²) in [6.45, 7) is 6.05. The van der Waals surface area contributed by atoms with Gasteiger partial charge in [-0.25, -0.2) is 9.36 Å². The van der Waals surface area contributed by atoms with Crippen molar-refractivity contribution in [2.24, 2.45) is 5.92 Å². The lowest BCUT2D eigenvalue weighted by molar-refractivity contribution is -0.161. The van der Waals surface area contributed by atoms with Crippen molar-refractivity contribution in [3.63, 3.8) is 0 Å². The predicted molar refractivity (Wildman–Crippen MR) is 309 cm³/mol. The van der Waals surface area contributed by atoms with Crippen LogP contribution in [0.4, 0.5) is 5.82 Å². The fraction of sp³-hybridized carbons (Fsp3) is 0.729. The topological polar surface area (TPSA) is 246 Å². The number of rotatable bonds is 49. The number of nitrogens with zero attached hydrogens (tertiary/aromatic N) is 3. The van der Waals surface area contributed by atoms with Gasteiger partial charge in [0.05, 0.1) is 26.4 Å². The molecule has 3 rings (SSSR count). The van der Waals surface area contributed by atoms with Crippen LogP contribution in [0.1, 0.15) is 229 Å². The Hall–Kier alpha value is -4.61. The van der Waals surface area contributed by atoms with E-state index in [-0.39, 0.29) is 68.7 Å². The van der Waals surface area contributed by atoms with Gasteiger partial charge in [-0.3, -0.25) is 28.0 Å². The van der Waals surface area contributed by atoms with Gasteiger partial charge in [-0.05, 0) is 62.1 Å². The molecule has 3 unspecified atom stereocenters. The van der Waals surface area contributed by atoms with Crippen LogP contribution in [0.2, 0.25) is 0 Å². The van der Waals surface area contributed by atoms with Crippen LogP contribution in [-0.2, 0) is 44.0 Å². The average molecular weight is 1120 g/mol. The molecule has 0 spiro atoms. The molecule has 0 fully saturated rings. The van der Waals surface area contributed by atoms with Crippen LogP contribution in [0.3, 0.4) is 0 Å². The number of phosphoric acid groups is 1. The van der Waals surface area contributed by atoms with Gasteiger partial charge in [0.25, 0.3) is 5.91 Å². The Balaban J connectivity index is 1.40. The number of carbonyl (C=O) groups excluding carboxylic acids is 3. The van der Waals surface area contributed by atoms with Crippen LogP contribution >= 0.6 is 7.82 Å². The number of H-pyrrole nitrogens is 1. The summed E-state index contributed by atoms with van der Waals surface area (Å²) in [6.07, 6.45) is 36.8. The van der Waals surface area contributed by atoms with E-state index in [1.165, 1.54) is 121 Å². The molecular formula is C59H99N6O12P. The Bertz CT molecular complexity index is 2220. The molecule has 1 aromatic carbocycles. The first-order valence-electron chi connectivity index (χ1n) is 29.7. The summed E-state index contributed by atoms with van der Waals surface area (Å²) in [5.74, 6) is -0.637. The van der Waals surface area contributed by atoms with Gasteiger partial charge in [0.15, 0.2) is 17.6 Å². The highest BCUT2D eigenvalue weighted by Gasteiger charge is 2.26. The molecule has 2 heterocycles. The lowest BCUT2D eigenvalue weighted by Crippen LogP contribution is -2.30. The third-order valence-corrected chi connectivity index (χ3v) is 14.8. The maximum Gasteiger partial charge on any atom is 0.472 e. The number of nitrogens with two attached hydrogens (primary N) is 1. The monoisotopic (exact) mass is 1110 g/mol. The van der Waals surface area contributed by atoms with E-state index in [1.54, 1.807) is 24.3 Å². The van der Waals surface area contributed by atoms with E-state index in [2.05, 4.69) is 53.2 Å². The molecule has 78 heavy (non-hydrogen) atoms. The SMILES string of the molecule is CCCCCCCCC=CCCCCCCCC(=O)OC(COC(=O)CCCCCCCC(C)CCCCCCCCCC)COP(=O)(O)OCCNC(=O)c1ccc(Cn2c(=O)[nH]c3c(N)nc(OCCOC)nc32)cc1. The zero-order chi connectivity index (χ0) is 56.5. The second kappa shape index (κ2) is 42.3. The fourth-order valence-corrected chi connectivity index (χ4v) is 9.82. The average Bonchev–Trinajstić information content (AvgIpc) is 3.75. The lowest BCUT2D eigenvalue weighted by Gasteiger charge is -2.20. The predicted octanol–water partition coefficient (Wildman–Crippen LogP) is 13.0. The number of carbonyl (C=O) groups is 3. The Labute approximate surface area is 466 Å². The number of aromatic nitrogens is 4. The minimum absolute atomic E-state index is 0.00235. The largest absolute Gasteiger partial charge is 0.472 e. The highest BCUT2D eigenvalue weighted by molar-refractivity contribution is 7.47. The summed E-state index contributed by atoms with van der Waals surface area (Å²) in [5.41, 5.74) is 7.09. The molecule has 1 amide bonds. The second-order valence-corrected chi connectivity index (χ2v) is 22.3. The first-order chi connectivity index (χ1) is 37.8. The number of nitrogen functional groups attached to an aromatic ring is 1. The maximum absolute atomic E-state index is 13.0. The number of allylic oxidation sites excluding steroid dienone is 2. The molecular weight excluding hydrogens is 1020 g/mol. The summed E-state index contributed by atoms with van der Waals surface area (Å²) < 4.78 is 46.3. The molecule has 0 aliphatic heterocycles. The zero-order valence-corrected chi connectivity index (χ0v) is 49.0. The Morgan fingerprint density at radius 2 is 1.27 bits per heavy atom. The van der Waals surface area contributed by atoms with Crippen LogP contribution in [0.15, 0.2) is 41.2 Å². The normalized spacial score (nSPS) is 13.2. The number of esters is 2. The number of hydrogen-bond donors (Lipinski definition) is 4. The Morgan fingerprint density at radius 1 is 0.718 bits per heavy atom. The van der Waals surface area contributed by atoms with E-state index in [1.807, 2.05) is 0 Å². The molecule has 0 aliphatic rings. The van der Waals surface area contributed by atoms with Crippen molar-refractivity contribution in [3.05, 3.63) is 58.0 Å². The number of aromatic amines is 1. The number of fused-ring (bicyclic) bond motifs is 1. The lowest BCUT2D eigenvalue weighted by atomic mass is 9.96. The molecule has 0 bridgehead atoms. The molecule has 0 radical (unpaired) electrons. The van der Waals surface area contributed by atoms with Gasteiger partial charge < -0.3 is 39.9 Å². The molecule has 18 nitrogen and oxygen atoms in total. The van der Waals surface area contributed by atoms with Crippen LogP contribution in [0, 0.1) is 5.92 Å². The van der Waals surface area contributed by atoms with Gasteiger partial charge in [0.1, 0.15) is 18.7 Å². The summed E-state index contributed by atoms with van der Waals surface area (Å²) in [5, 5.41) is 2.64. The molecule has 3 atom stereocenters. The van der Waals surface area contributed by atoms with Gasteiger partial charge in [-0.15, -0.1) is 0 Å². The number of ether oxygens (including phenoxy) is 4. The number of imidazole rings is 1. The fourth-order valence-electron chi connectivity index (χ4n) is 9.07. The molecule has 442 valence electrons. The van der Waals surface area contributed by atoms with Crippen molar-refractivity contribution < 1.29 is 51.8 Å². The van der Waals surface area contributed by atoms with Crippen molar-refractivity contribution in [2.75, 3.05) is 52.4 Å². The number of phosphoric ester groups is 1. The number of amides is 1. The standard InChI is InChI=1S/C59H99N6O12P/c1-5-7-9-11-13-15-16-17-18-19-20-21-23-27-32-36-53(67)77-51(46-74-52(66)35-31-28-24-26-30-34-48(3)33-29-25-22-14-12-10-8-6-2)47-76-78(70,71)75-42-41-61-57(68)50-39-37-49(38-40-50)45-65-56-54(62-59(65)69)55(60)63-58(64-56)73-44-43-72-4/h17-18,37-40,48,51H,5-16,19-36,41-47H2,1-4H3,(H,61,68)(H,62,69)(H,70,71)(H2,60,63,64). The summed E-state index contributed by atoms with van der Waals surface area (Å²) >= 11 is 0. The van der Waals surface area contributed by atoms with Crippen molar-refractivity contribution in [1.29, 1.82) is 0 Å². The van der Waals surface area contributed by atoms with Crippen molar-refractivity contribution in [2.45, 2.75) is 226 Å². The van der Waals surface area contributed by atoms with E-state index in [4.69, 9.17) is 33.7 Å². The van der Waals surface area contributed by atoms with E-state index >= 15 is 0 Å². The van der Waals surface area contributed by atoms with Crippen molar-refractivity contribution in [1.82, 2.24) is 24.8 Å². The maximum atomic E-state index is 13.0. The van der Waals surface area contributed by atoms with Gasteiger partial charge >= 0.3 is 31.5 Å². The number of unbranched alkanes of at least 4 members (excludes halogenated alkanes) is 22. The van der Waals surface area contributed by atoms with Crippen molar-refractivity contribution >= 4 is 42.7 Å². The molecule has 3 aromatic rings. The summed E-state index contributed by atoms with van der Waals surface area (Å²) in [4.78, 5) is 73.1. The minimum atomic E-state index is -4.69. The van der Waals surface area contributed by atoms with E-state index < -0.39 is 44.1 Å². The van der Waals surface area contributed by atoms with Crippen LogP contribution in [-0.4, -0.2) is 95.1 Å². The smallest absolute Gasteiger partial charge is 0.462 e. The molecule has 0 saturated carbocycles. The summed E-state index contributed by atoms with van der Waals surface area (Å²) in [7, 11) is -3.16. The molecule has 19 heteroatoms. The molecule has 0 saturated heterocycles. The molecule has 5 N–H and O–H groups in total. The number of anilines is 1. The van der Waals surface area contributed by atoms with Crippen LogP contribution < -0.4 is 21.5 Å². The third kappa shape index (κ3) is 31.3. The highest BCUT2D eigenvalue weighted by Crippen LogP contribution is 2.43. The zero-order valence-electron chi connectivity index (χ0n) is 48.1. The second-order valence-electron chi connectivity index (χ2n) is 20.8. The minimum Gasteiger partial charge on any atom is -0.462 e. The molecule has 0 aliphatic carbocycles. The van der Waals surface area contributed by atoms with Crippen molar-refractivity contribution in [3.8, 4) is 6.01 Å². The number of benzene rings is 1. The number of methoxy groups -OCH3 is 1. The summed E-state index contributed by atoms with van der Waals surface area (Å²) in [6, 6.07) is 6.49. The van der Waals surface area contributed by atoms with Gasteiger partial charge in [-0.1, -0.05) is 186 Å². The molecule has 2 aromatic heterocycles. The quantitative estimate of drug-likeness (QED) is 0.0178. The van der Waals surface area contributed by atoms with Crippen LogP contribution in [0.25, 0.3) is 11.2 Å². The van der Waals surface area contributed by atoms with Gasteiger partial charge in [-0.2, -0.15) is 9.97 Å².